The third-order valence-corrected chi connectivity index (χ3v) is 1.96. The van der Waals surface area contributed by atoms with Gasteiger partial charge in [-0.15, -0.1) is 0 Å². The van der Waals surface area contributed by atoms with Crippen LogP contribution in [0.3, 0.4) is 0 Å². The minimum absolute atomic E-state index is 1.36. The monoisotopic (exact) mass is 172 g/mol. The van der Waals surface area contributed by atoms with E-state index in [1.54, 1.807) is 0 Å². The summed E-state index contributed by atoms with van der Waals surface area (Å²) < 4.78 is 0. The van der Waals surface area contributed by atoms with Crippen molar-refractivity contribution in [3.05, 3.63) is 0 Å². The average Bonchev–Trinajstić information content (AvgIpc) is 2.02. The van der Waals surface area contributed by atoms with Crippen LogP contribution in [0.4, 0.5) is 0 Å². The summed E-state index contributed by atoms with van der Waals surface area (Å²) in [5.74, 6) is 0. The Bertz CT molecular complexity index is 36.0. The molecule has 0 aliphatic heterocycles. The molecule has 0 heteroatoms. The molecule has 0 atom stereocenters. The summed E-state index contributed by atoms with van der Waals surface area (Å²) in [5.41, 5.74) is 0. The molecular formula is C12H28. The van der Waals surface area contributed by atoms with Gasteiger partial charge in [0.25, 0.3) is 0 Å². The van der Waals surface area contributed by atoms with Crippen LogP contribution >= 0.6 is 0 Å². The number of hydrogen-bond donors (Lipinski definition) is 0. The van der Waals surface area contributed by atoms with Gasteiger partial charge in [0.2, 0.25) is 0 Å². The first kappa shape index (κ1) is 14.5. The van der Waals surface area contributed by atoms with Crippen molar-refractivity contribution in [3.63, 3.8) is 0 Å². The van der Waals surface area contributed by atoms with E-state index in [4.69, 9.17) is 0 Å². The summed E-state index contributed by atoms with van der Waals surface area (Å²) in [5, 5.41) is 0. The van der Waals surface area contributed by atoms with Gasteiger partial charge in [0.05, 0.1) is 0 Å². The fourth-order valence-corrected chi connectivity index (χ4v) is 0.750. The predicted octanol–water partition coefficient (Wildman–Crippen LogP) is 5.17. The van der Waals surface area contributed by atoms with Crippen LogP contribution in [-0.4, -0.2) is 0 Å². The highest BCUT2D eigenvalue weighted by molar-refractivity contribution is 4.50. The molecule has 76 valence electrons. The molecule has 0 N–H and O–H groups in total. The minimum atomic E-state index is 1.36. The van der Waals surface area contributed by atoms with Gasteiger partial charge in [-0.25, -0.2) is 0 Å². The van der Waals surface area contributed by atoms with Gasteiger partial charge < -0.3 is 0 Å². The summed E-state index contributed by atoms with van der Waals surface area (Å²) in [6.45, 7) is 8.46. The molecule has 0 unspecified atom stereocenters. The van der Waals surface area contributed by atoms with Crippen molar-refractivity contribution in [1.29, 1.82) is 0 Å². The van der Waals surface area contributed by atoms with E-state index >= 15 is 0 Å². The normalized spacial score (nSPS) is 13.0. The summed E-state index contributed by atoms with van der Waals surface area (Å²) in [7, 11) is 0. The van der Waals surface area contributed by atoms with Gasteiger partial charge in [-0.3, -0.25) is 0 Å². The quantitative estimate of drug-likeness (QED) is 0.515. The topological polar surface area (TPSA) is 0 Å². The number of hydrogen-bond acceptors (Lipinski definition) is 0. The Labute approximate surface area is 79.8 Å². The van der Waals surface area contributed by atoms with Crippen LogP contribution in [0.5, 0.6) is 0 Å². The van der Waals surface area contributed by atoms with Gasteiger partial charge in [-0.2, -0.15) is 0 Å². The molecule has 0 nitrogen and oxygen atoms in total. The Morgan fingerprint density at radius 3 is 1.00 bits per heavy atom. The van der Waals surface area contributed by atoms with Gasteiger partial charge in [0.1, 0.15) is 0 Å². The smallest absolute Gasteiger partial charge is 0.0533 e. The molecule has 0 saturated heterocycles. The van der Waals surface area contributed by atoms with Crippen LogP contribution in [0.15, 0.2) is 0 Å². The zero-order valence-electron chi connectivity index (χ0n) is 9.66. The van der Waals surface area contributed by atoms with Crippen molar-refractivity contribution in [2.75, 3.05) is 0 Å². The van der Waals surface area contributed by atoms with Crippen LogP contribution < -0.4 is 0 Å². The summed E-state index contributed by atoms with van der Waals surface area (Å²) >= 11 is 0. The number of rotatable bonds is 3. The maximum Gasteiger partial charge on any atom is -0.0533 e. The van der Waals surface area contributed by atoms with Crippen molar-refractivity contribution in [2.24, 2.45) is 0 Å². The molecule has 1 fully saturated rings. The molecule has 0 bridgehead atoms. The zero-order chi connectivity index (χ0) is 9.66. The maximum absolute atomic E-state index is 2.23. The lowest BCUT2D eigenvalue weighted by molar-refractivity contribution is 0.504. The molecule has 1 aliphatic rings. The first-order valence-electron chi connectivity index (χ1n) is 5.91. The Morgan fingerprint density at radius 2 is 0.917 bits per heavy atom. The SMILES string of the molecule is C1CCC1.CC.CCCCCC. The first-order valence-corrected chi connectivity index (χ1v) is 5.91. The molecule has 0 aromatic rings. The fourth-order valence-electron chi connectivity index (χ4n) is 0.750. The van der Waals surface area contributed by atoms with E-state index in [-0.39, 0.29) is 0 Å². The summed E-state index contributed by atoms with van der Waals surface area (Å²) in [6.07, 6.45) is 11.5. The Kier molecular flexibility index (Phi) is 20.8. The van der Waals surface area contributed by atoms with Gasteiger partial charge in [-0.1, -0.05) is 79.1 Å². The van der Waals surface area contributed by atoms with Crippen LogP contribution in [-0.2, 0) is 0 Å². The van der Waals surface area contributed by atoms with Gasteiger partial charge in [0, 0.05) is 0 Å². The lowest BCUT2D eigenvalue weighted by Crippen LogP contribution is -1.85. The van der Waals surface area contributed by atoms with Crippen molar-refractivity contribution < 1.29 is 0 Å². The van der Waals surface area contributed by atoms with E-state index in [1.165, 1.54) is 51.4 Å². The van der Waals surface area contributed by atoms with E-state index in [9.17, 15) is 0 Å². The van der Waals surface area contributed by atoms with Crippen LogP contribution in [0, 0.1) is 0 Å². The van der Waals surface area contributed by atoms with E-state index in [0.29, 0.717) is 0 Å². The Morgan fingerprint density at radius 1 is 0.667 bits per heavy atom. The van der Waals surface area contributed by atoms with E-state index in [1.807, 2.05) is 13.8 Å². The van der Waals surface area contributed by atoms with E-state index < -0.39 is 0 Å². The lowest BCUT2D eigenvalue weighted by Gasteiger charge is -2.05. The molecule has 0 radical (unpaired) electrons. The van der Waals surface area contributed by atoms with Crippen LogP contribution in [0.2, 0.25) is 0 Å². The molecule has 0 aromatic carbocycles. The largest absolute Gasteiger partial charge is 0.0683 e. The predicted molar refractivity (Wildman–Crippen MR) is 59.6 cm³/mol. The average molecular weight is 172 g/mol. The van der Waals surface area contributed by atoms with Crippen molar-refractivity contribution in [2.45, 2.75) is 79.1 Å². The van der Waals surface area contributed by atoms with Gasteiger partial charge >= 0.3 is 0 Å². The van der Waals surface area contributed by atoms with Gasteiger partial charge in [0.15, 0.2) is 0 Å². The summed E-state index contributed by atoms with van der Waals surface area (Å²) in [4.78, 5) is 0. The fraction of sp³-hybridized carbons (Fsp3) is 1.00. The lowest BCUT2D eigenvalue weighted by atomic mass is 10.0. The van der Waals surface area contributed by atoms with Crippen molar-refractivity contribution in [1.82, 2.24) is 0 Å². The zero-order valence-corrected chi connectivity index (χ0v) is 9.66. The molecule has 0 heterocycles. The molecule has 1 aliphatic carbocycles. The Hall–Kier alpha value is 0. The molecule has 12 heavy (non-hydrogen) atoms. The molecule has 1 rings (SSSR count). The Balaban J connectivity index is 0. The van der Waals surface area contributed by atoms with Crippen LogP contribution in [0.25, 0.3) is 0 Å². The van der Waals surface area contributed by atoms with E-state index in [0.717, 1.165) is 0 Å². The van der Waals surface area contributed by atoms with Crippen LogP contribution in [0.1, 0.15) is 79.1 Å². The molecular weight excluding hydrogens is 144 g/mol. The minimum Gasteiger partial charge on any atom is -0.0683 e. The van der Waals surface area contributed by atoms with Crippen molar-refractivity contribution in [3.8, 4) is 0 Å². The first-order chi connectivity index (χ1) is 5.91. The van der Waals surface area contributed by atoms with Gasteiger partial charge in [-0.05, 0) is 0 Å². The highest BCUT2D eigenvalue weighted by atomic mass is 14.0. The summed E-state index contributed by atoms with van der Waals surface area (Å²) in [6, 6.07) is 0. The van der Waals surface area contributed by atoms with Crippen molar-refractivity contribution >= 4 is 0 Å². The second-order valence-corrected chi connectivity index (χ2v) is 3.12. The molecule has 0 aromatic heterocycles. The second kappa shape index (κ2) is 17.2. The molecule has 0 amide bonds. The van der Waals surface area contributed by atoms with E-state index in [2.05, 4.69) is 13.8 Å². The third-order valence-electron chi connectivity index (χ3n) is 1.96. The third kappa shape index (κ3) is 16.5. The second-order valence-electron chi connectivity index (χ2n) is 3.12. The highest BCUT2D eigenvalue weighted by Crippen LogP contribution is 2.15. The standard InChI is InChI=1S/C6H14.C4H8.C2H6/c1-3-5-6-4-2;1-2-4-3-1;1-2/h3-6H2,1-2H3;1-4H2;1-2H3. The number of unbranched alkanes of at least 4 members (excludes halogenated alkanes) is 3. The molecule has 0 spiro atoms. The molecule has 1 saturated carbocycles. The highest BCUT2D eigenvalue weighted by Gasteiger charge is 1.95. The maximum atomic E-state index is 2.23.